The highest BCUT2D eigenvalue weighted by Gasteiger charge is 2.37. The Balaban J connectivity index is 1.64. The van der Waals surface area contributed by atoms with Crippen molar-refractivity contribution in [3.05, 3.63) is 17.1 Å². The first-order valence-corrected chi connectivity index (χ1v) is 12.3. The Bertz CT molecular complexity index is 882. The van der Waals surface area contributed by atoms with Crippen molar-refractivity contribution in [3.8, 4) is 0 Å². The van der Waals surface area contributed by atoms with Gasteiger partial charge < -0.3 is 10.2 Å². The Hall–Kier alpha value is -1.74. The number of fused-ring (bicyclic) bond motifs is 1. The number of aromatic nitrogens is 2. The molecule has 2 aliphatic heterocycles. The van der Waals surface area contributed by atoms with Crippen LogP contribution < -0.4 is 5.32 Å². The molecule has 3 heterocycles. The number of anilines is 1. The van der Waals surface area contributed by atoms with E-state index in [1.807, 2.05) is 11.9 Å². The first kappa shape index (κ1) is 20.5. The van der Waals surface area contributed by atoms with Gasteiger partial charge in [-0.15, -0.1) is 0 Å². The molecule has 9 heteroatoms. The van der Waals surface area contributed by atoms with E-state index in [4.69, 9.17) is 9.97 Å². The van der Waals surface area contributed by atoms with Crippen molar-refractivity contribution in [2.45, 2.75) is 76.1 Å². The molecule has 8 nitrogen and oxygen atoms in total. The molecule has 29 heavy (non-hydrogen) atoms. The number of carbonyl (C=O) groups is 1. The highest BCUT2D eigenvalue weighted by molar-refractivity contribution is 7.89. The summed E-state index contributed by atoms with van der Waals surface area (Å²) in [6, 6.07) is -0.129. The third kappa shape index (κ3) is 3.86. The van der Waals surface area contributed by atoms with Crippen LogP contribution in [-0.2, 0) is 27.8 Å². The molecule has 1 aromatic rings. The molecule has 160 valence electrons. The molecule has 4 rings (SSSR count). The van der Waals surface area contributed by atoms with E-state index in [2.05, 4.69) is 5.32 Å². The number of hydrogen-bond acceptors (Lipinski definition) is 6. The molecule has 1 N–H and O–H groups in total. The highest BCUT2D eigenvalue weighted by atomic mass is 32.2. The van der Waals surface area contributed by atoms with Gasteiger partial charge in [0.15, 0.2) is 5.82 Å². The number of nitrogens with zero attached hydrogens (tertiary/aromatic N) is 4. The summed E-state index contributed by atoms with van der Waals surface area (Å²) in [4.78, 5) is 23.3. The van der Waals surface area contributed by atoms with E-state index in [9.17, 15) is 13.2 Å². The quantitative estimate of drug-likeness (QED) is 0.801. The molecule has 1 atom stereocenters. The molecule has 0 bridgehead atoms. The lowest BCUT2D eigenvalue weighted by Crippen LogP contribution is -2.43. The van der Waals surface area contributed by atoms with Gasteiger partial charge in [0.25, 0.3) is 0 Å². The molecule has 0 unspecified atom stereocenters. The summed E-state index contributed by atoms with van der Waals surface area (Å²) in [5, 5.41) is 2.90. The van der Waals surface area contributed by atoms with Gasteiger partial charge in [-0.1, -0.05) is 19.3 Å². The summed E-state index contributed by atoms with van der Waals surface area (Å²) in [6.45, 7) is 3.07. The van der Waals surface area contributed by atoms with Gasteiger partial charge in [0.05, 0.1) is 23.5 Å². The van der Waals surface area contributed by atoms with Crippen LogP contribution in [0.15, 0.2) is 0 Å². The lowest BCUT2D eigenvalue weighted by Gasteiger charge is -2.33. The highest BCUT2D eigenvalue weighted by Crippen LogP contribution is 2.34. The van der Waals surface area contributed by atoms with Crippen LogP contribution in [0.1, 0.15) is 75.0 Å². The maximum atomic E-state index is 13.2. The Morgan fingerprint density at radius 2 is 1.83 bits per heavy atom. The van der Waals surface area contributed by atoms with E-state index in [1.54, 1.807) is 11.2 Å². The number of rotatable bonds is 4. The molecular weight excluding hydrogens is 390 g/mol. The predicted octanol–water partition coefficient (Wildman–Crippen LogP) is 2.22. The second-order valence-corrected chi connectivity index (χ2v) is 10.6. The fraction of sp³-hybridized carbons (Fsp3) is 0.750. The third-order valence-corrected chi connectivity index (χ3v) is 8.92. The Labute approximate surface area is 173 Å². The van der Waals surface area contributed by atoms with Gasteiger partial charge in [0, 0.05) is 32.6 Å². The smallest absolute Gasteiger partial charge is 0.220 e. The van der Waals surface area contributed by atoms with Crippen molar-refractivity contribution in [1.29, 1.82) is 0 Å². The lowest BCUT2D eigenvalue weighted by molar-refractivity contribution is -0.129. The van der Waals surface area contributed by atoms with Crippen molar-refractivity contribution in [1.82, 2.24) is 19.2 Å². The molecule has 0 radical (unpaired) electrons. The number of likely N-dealkylation sites (tertiary alicyclic amines) is 1. The Morgan fingerprint density at radius 3 is 2.52 bits per heavy atom. The minimum atomic E-state index is -3.32. The van der Waals surface area contributed by atoms with Crippen LogP contribution in [0.2, 0.25) is 0 Å². The van der Waals surface area contributed by atoms with Crippen molar-refractivity contribution < 1.29 is 13.2 Å². The Morgan fingerprint density at radius 1 is 1.07 bits per heavy atom. The third-order valence-electron chi connectivity index (χ3n) is 6.57. The van der Waals surface area contributed by atoms with E-state index in [0.717, 1.165) is 68.6 Å². The van der Waals surface area contributed by atoms with Crippen LogP contribution in [0.3, 0.4) is 0 Å². The minimum absolute atomic E-state index is 0.0290. The maximum Gasteiger partial charge on any atom is 0.220 e. The van der Waals surface area contributed by atoms with Crippen LogP contribution in [0, 0.1) is 0 Å². The number of nitrogens with one attached hydrogen (secondary N) is 1. The largest absolute Gasteiger partial charge is 0.373 e. The van der Waals surface area contributed by atoms with Gasteiger partial charge in [-0.25, -0.2) is 18.4 Å². The van der Waals surface area contributed by atoms with Crippen molar-refractivity contribution in [2.24, 2.45) is 0 Å². The Kier molecular flexibility index (Phi) is 5.79. The molecule has 0 spiro atoms. The zero-order chi connectivity index (χ0) is 20.6. The van der Waals surface area contributed by atoms with Gasteiger partial charge in [0.2, 0.25) is 15.9 Å². The predicted molar refractivity (Wildman–Crippen MR) is 111 cm³/mol. The van der Waals surface area contributed by atoms with Gasteiger partial charge in [0.1, 0.15) is 5.82 Å². The SMILES string of the molecule is CNc1nc([C@@H]2CCCN2C(C)=O)nc2c1CCN(S(=O)(=O)C1CCCCC1)C2. The number of carbonyl (C=O) groups excluding carboxylic acids is 1. The van der Waals surface area contributed by atoms with Crippen molar-refractivity contribution in [3.63, 3.8) is 0 Å². The van der Waals surface area contributed by atoms with Crippen LogP contribution >= 0.6 is 0 Å². The lowest BCUT2D eigenvalue weighted by atomic mass is 10.0. The summed E-state index contributed by atoms with van der Waals surface area (Å²) in [5.74, 6) is 1.41. The second kappa shape index (κ2) is 8.18. The summed E-state index contributed by atoms with van der Waals surface area (Å²) >= 11 is 0. The zero-order valence-corrected chi connectivity index (χ0v) is 18.2. The van der Waals surface area contributed by atoms with Crippen LogP contribution in [0.5, 0.6) is 0 Å². The summed E-state index contributed by atoms with van der Waals surface area (Å²) in [6.07, 6.45) is 7.02. The molecule has 1 saturated heterocycles. The van der Waals surface area contributed by atoms with E-state index in [0.29, 0.717) is 25.3 Å². The molecule has 2 fully saturated rings. The topological polar surface area (TPSA) is 95.5 Å². The molecule has 1 saturated carbocycles. The minimum Gasteiger partial charge on any atom is -0.373 e. The van der Waals surface area contributed by atoms with Gasteiger partial charge in [-0.3, -0.25) is 4.79 Å². The second-order valence-electron chi connectivity index (χ2n) is 8.36. The summed E-state index contributed by atoms with van der Waals surface area (Å²) in [7, 11) is -1.49. The monoisotopic (exact) mass is 421 g/mol. The molecule has 1 aromatic heterocycles. The number of hydrogen-bond donors (Lipinski definition) is 1. The zero-order valence-electron chi connectivity index (χ0n) is 17.4. The van der Waals surface area contributed by atoms with Crippen LogP contribution in [-0.4, -0.2) is 58.9 Å². The van der Waals surface area contributed by atoms with E-state index < -0.39 is 10.0 Å². The van der Waals surface area contributed by atoms with Crippen LogP contribution in [0.25, 0.3) is 0 Å². The average molecular weight is 422 g/mol. The first-order chi connectivity index (χ1) is 13.9. The molecule has 1 aliphatic carbocycles. The standard InChI is InChI=1S/C20H31N5O3S/c1-14(26)25-11-6-9-18(25)20-22-17-13-24(12-10-16(17)19(21-2)23-20)29(27,28)15-7-4-3-5-8-15/h15,18H,3-13H2,1-2H3,(H,21,22,23)/t18-/m0/s1. The van der Waals surface area contributed by atoms with E-state index in [1.165, 1.54) is 0 Å². The summed E-state index contributed by atoms with van der Waals surface area (Å²) < 4.78 is 28.0. The molecule has 3 aliphatic rings. The van der Waals surface area contributed by atoms with Gasteiger partial charge in [-0.2, -0.15) is 4.31 Å². The summed E-state index contributed by atoms with van der Waals surface area (Å²) in [5.41, 5.74) is 1.78. The van der Waals surface area contributed by atoms with Crippen molar-refractivity contribution >= 4 is 21.7 Å². The van der Waals surface area contributed by atoms with Gasteiger partial charge >= 0.3 is 0 Å². The fourth-order valence-electron chi connectivity index (χ4n) is 4.98. The molecular formula is C20H31N5O3S. The fourth-order valence-corrected chi connectivity index (χ4v) is 6.98. The molecule has 1 amide bonds. The average Bonchev–Trinajstić information content (AvgIpc) is 3.23. The van der Waals surface area contributed by atoms with Crippen molar-refractivity contribution in [2.75, 3.05) is 25.5 Å². The van der Waals surface area contributed by atoms with Gasteiger partial charge in [-0.05, 0) is 32.1 Å². The number of sulfonamides is 1. The van der Waals surface area contributed by atoms with E-state index >= 15 is 0 Å². The number of amides is 1. The van der Waals surface area contributed by atoms with E-state index in [-0.39, 0.29) is 17.2 Å². The first-order valence-electron chi connectivity index (χ1n) is 10.8. The van der Waals surface area contributed by atoms with Crippen LogP contribution in [0.4, 0.5) is 5.82 Å². The molecule has 0 aromatic carbocycles. The normalized spacial score (nSPS) is 23.8. The maximum absolute atomic E-state index is 13.2.